The van der Waals surface area contributed by atoms with Crippen LogP contribution in [0.3, 0.4) is 0 Å². The molecule has 2 saturated heterocycles. The third-order valence-electron chi connectivity index (χ3n) is 5.77. The second kappa shape index (κ2) is 5.41. The van der Waals surface area contributed by atoms with E-state index >= 15 is 0 Å². The van der Waals surface area contributed by atoms with Crippen LogP contribution < -0.4 is 9.80 Å². The normalized spacial score (nSPS) is 26.2. The average molecular weight is 341 g/mol. The van der Waals surface area contributed by atoms with E-state index in [1.807, 2.05) is 11.3 Å². The molecule has 2 aliphatic heterocycles. The van der Waals surface area contributed by atoms with Gasteiger partial charge in [0.2, 0.25) is 0 Å². The summed E-state index contributed by atoms with van der Waals surface area (Å²) in [6.45, 7) is 8.78. The van der Waals surface area contributed by atoms with Gasteiger partial charge in [0.1, 0.15) is 12.1 Å². The Kier molecular flexibility index (Phi) is 3.30. The Morgan fingerprint density at radius 3 is 2.33 bits per heavy atom. The first-order valence-electron chi connectivity index (χ1n) is 8.93. The number of aryl methyl sites for hydroxylation is 2. The molecule has 3 fully saturated rings. The molecule has 0 bridgehead atoms. The molecule has 0 radical (unpaired) electrons. The summed E-state index contributed by atoms with van der Waals surface area (Å²) in [5, 5.41) is 1.21. The summed E-state index contributed by atoms with van der Waals surface area (Å²) in [4.78, 5) is 20.0. The van der Waals surface area contributed by atoms with Gasteiger partial charge in [-0.3, -0.25) is 0 Å². The van der Waals surface area contributed by atoms with Crippen molar-refractivity contribution in [1.82, 2.24) is 15.0 Å². The van der Waals surface area contributed by atoms with E-state index in [1.165, 1.54) is 34.2 Å². The first-order chi connectivity index (χ1) is 11.7. The van der Waals surface area contributed by atoms with Crippen LogP contribution in [0.5, 0.6) is 0 Å². The number of hydrogen-bond donors (Lipinski definition) is 0. The molecule has 126 valence electrons. The number of nitrogens with zero attached hydrogens (tertiary/aromatic N) is 5. The van der Waals surface area contributed by atoms with E-state index in [0.717, 1.165) is 43.8 Å². The van der Waals surface area contributed by atoms with Gasteiger partial charge < -0.3 is 9.80 Å². The van der Waals surface area contributed by atoms with Gasteiger partial charge >= 0.3 is 0 Å². The quantitative estimate of drug-likeness (QED) is 0.859. The molecule has 5 nitrogen and oxygen atoms in total. The number of aromatic nitrogens is 3. The molecule has 0 amide bonds. The van der Waals surface area contributed by atoms with Gasteiger partial charge in [0.15, 0.2) is 5.13 Å². The van der Waals surface area contributed by atoms with Gasteiger partial charge in [-0.15, -0.1) is 11.3 Å². The predicted octanol–water partition coefficient (Wildman–Crippen LogP) is 3.00. The Hall–Kier alpha value is -1.69. The zero-order valence-electron chi connectivity index (χ0n) is 14.3. The number of fused-ring (bicyclic) bond motifs is 1. The molecule has 0 spiro atoms. The molecule has 1 saturated carbocycles. The van der Waals surface area contributed by atoms with E-state index in [1.54, 1.807) is 6.33 Å². The minimum Gasteiger partial charge on any atom is -0.356 e. The van der Waals surface area contributed by atoms with Crippen molar-refractivity contribution in [2.75, 3.05) is 36.0 Å². The molecule has 6 heteroatoms. The Labute approximate surface area is 146 Å². The minimum absolute atomic E-state index is 0.695. The van der Waals surface area contributed by atoms with Crippen LogP contribution in [0.1, 0.15) is 35.0 Å². The largest absolute Gasteiger partial charge is 0.356 e. The third-order valence-corrected chi connectivity index (χ3v) is 6.90. The summed E-state index contributed by atoms with van der Waals surface area (Å²) < 4.78 is 0. The molecule has 2 aromatic heterocycles. The summed E-state index contributed by atoms with van der Waals surface area (Å²) in [7, 11) is 0. The van der Waals surface area contributed by atoms with Gasteiger partial charge in [-0.2, -0.15) is 0 Å². The molecule has 2 aromatic rings. The lowest BCUT2D eigenvalue weighted by Gasteiger charge is -2.22. The van der Waals surface area contributed by atoms with Crippen LogP contribution in [0.2, 0.25) is 0 Å². The third kappa shape index (κ3) is 2.48. The highest BCUT2D eigenvalue weighted by Crippen LogP contribution is 2.41. The van der Waals surface area contributed by atoms with Gasteiger partial charge in [-0.1, -0.05) is 0 Å². The molecule has 3 aliphatic rings. The zero-order chi connectivity index (χ0) is 16.3. The SMILES string of the molecule is Cc1nc(N2CC3CN(c4cc(C5CC5)ncn4)CC3C2)sc1C. The van der Waals surface area contributed by atoms with Crippen molar-refractivity contribution in [3.05, 3.63) is 28.7 Å². The van der Waals surface area contributed by atoms with Gasteiger partial charge in [0, 0.05) is 60.6 Å². The number of rotatable bonds is 3. The molecule has 24 heavy (non-hydrogen) atoms. The van der Waals surface area contributed by atoms with E-state index in [9.17, 15) is 0 Å². The van der Waals surface area contributed by atoms with E-state index in [0.29, 0.717) is 5.92 Å². The van der Waals surface area contributed by atoms with Crippen LogP contribution in [-0.4, -0.2) is 41.1 Å². The van der Waals surface area contributed by atoms with Crippen molar-refractivity contribution in [3.8, 4) is 0 Å². The topological polar surface area (TPSA) is 45.2 Å². The fraction of sp³-hybridized carbons (Fsp3) is 0.611. The molecule has 4 heterocycles. The van der Waals surface area contributed by atoms with Crippen LogP contribution in [0.25, 0.3) is 0 Å². The standard InChI is InChI=1S/C18H23N5S/c1-11-12(2)24-18(21-11)23-8-14-6-22(7-15(14)9-23)17-5-16(13-3-4-13)19-10-20-17/h5,10,13-15H,3-4,6-9H2,1-2H3. The summed E-state index contributed by atoms with van der Waals surface area (Å²) in [5.41, 5.74) is 2.43. The van der Waals surface area contributed by atoms with Crippen molar-refractivity contribution in [1.29, 1.82) is 0 Å². The Morgan fingerprint density at radius 2 is 1.71 bits per heavy atom. The summed E-state index contributed by atoms with van der Waals surface area (Å²) in [5.74, 6) is 3.29. The summed E-state index contributed by atoms with van der Waals surface area (Å²) >= 11 is 1.84. The van der Waals surface area contributed by atoms with Crippen molar-refractivity contribution in [2.24, 2.45) is 11.8 Å². The van der Waals surface area contributed by atoms with Gasteiger partial charge in [-0.05, 0) is 26.7 Å². The number of thiazole rings is 1. The second-order valence-electron chi connectivity index (χ2n) is 7.54. The molecule has 2 unspecified atom stereocenters. The smallest absolute Gasteiger partial charge is 0.185 e. The highest BCUT2D eigenvalue weighted by atomic mass is 32.1. The van der Waals surface area contributed by atoms with Crippen molar-refractivity contribution in [3.63, 3.8) is 0 Å². The van der Waals surface area contributed by atoms with Gasteiger partial charge in [0.05, 0.1) is 5.69 Å². The molecular weight excluding hydrogens is 318 g/mol. The molecule has 0 N–H and O–H groups in total. The summed E-state index contributed by atoms with van der Waals surface area (Å²) in [6, 6.07) is 2.23. The average Bonchev–Trinajstić information content (AvgIpc) is 3.12. The Bertz CT molecular complexity index is 735. The molecule has 2 atom stereocenters. The highest BCUT2D eigenvalue weighted by molar-refractivity contribution is 7.15. The van der Waals surface area contributed by atoms with Crippen molar-refractivity contribution >= 4 is 22.3 Å². The molecule has 5 rings (SSSR count). The molecular formula is C18H23N5S. The fourth-order valence-electron chi connectivity index (χ4n) is 4.06. The molecule has 1 aliphatic carbocycles. The lowest BCUT2D eigenvalue weighted by molar-refractivity contribution is 0.533. The van der Waals surface area contributed by atoms with Crippen LogP contribution in [0.15, 0.2) is 12.4 Å². The Morgan fingerprint density at radius 1 is 1.00 bits per heavy atom. The van der Waals surface area contributed by atoms with Crippen LogP contribution in [0, 0.1) is 25.7 Å². The first-order valence-corrected chi connectivity index (χ1v) is 9.75. The lowest BCUT2D eigenvalue weighted by atomic mass is 10.0. The predicted molar refractivity (Wildman–Crippen MR) is 97.0 cm³/mol. The first kappa shape index (κ1) is 14.6. The second-order valence-corrected chi connectivity index (χ2v) is 8.73. The maximum atomic E-state index is 4.74. The van der Waals surface area contributed by atoms with E-state index in [-0.39, 0.29) is 0 Å². The zero-order valence-corrected chi connectivity index (χ0v) is 15.1. The summed E-state index contributed by atoms with van der Waals surface area (Å²) in [6.07, 6.45) is 4.34. The monoisotopic (exact) mass is 341 g/mol. The van der Waals surface area contributed by atoms with E-state index < -0.39 is 0 Å². The van der Waals surface area contributed by atoms with Gasteiger partial charge in [-0.25, -0.2) is 15.0 Å². The maximum absolute atomic E-state index is 4.74. The molecule has 0 aromatic carbocycles. The van der Waals surface area contributed by atoms with E-state index in [4.69, 9.17) is 4.98 Å². The Balaban J connectivity index is 1.29. The van der Waals surface area contributed by atoms with Crippen LogP contribution >= 0.6 is 11.3 Å². The van der Waals surface area contributed by atoms with E-state index in [2.05, 4.69) is 39.7 Å². The maximum Gasteiger partial charge on any atom is 0.185 e. The van der Waals surface area contributed by atoms with Crippen molar-refractivity contribution < 1.29 is 0 Å². The van der Waals surface area contributed by atoms with Crippen LogP contribution in [0.4, 0.5) is 10.9 Å². The number of anilines is 2. The van der Waals surface area contributed by atoms with Gasteiger partial charge in [0.25, 0.3) is 0 Å². The highest BCUT2D eigenvalue weighted by Gasteiger charge is 2.41. The lowest BCUT2D eigenvalue weighted by Crippen LogP contribution is -2.29. The minimum atomic E-state index is 0.695. The van der Waals surface area contributed by atoms with Crippen molar-refractivity contribution in [2.45, 2.75) is 32.6 Å². The number of hydrogen-bond acceptors (Lipinski definition) is 6. The van der Waals surface area contributed by atoms with Crippen LogP contribution in [-0.2, 0) is 0 Å². The fourth-order valence-corrected chi connectivity index (χ4v) is 4.99.